The van der Waals surface area contributed by atoms with Crippen LogP contribution in [-0.4, -0.2) is 73.8 Å². The average Bonchev–Trinajstić information content (AvgIpc) is 3.51. The van der Waals surface area contributed by atoms with Gasteiger partial charge in [0.25, 0.3) is 0 Å². The van der Waals surface area contributed by atoms with Gasteiger partial charge in [0, 0.05) is 24.5 Å². The number of aliphatic carboxylic acids is 2. The van der Waals surface area contributed by atoms with E-state index in [1.54, 1.807) is 41.3 Å². The number of carbonyl (C=O) groups excluding carboxylic acids is 1. The van der Waals surface area contributed by atoms with Crippen molar-refractivity contribution in [3.8, 4) is 17.6 Å². The van der Waals surface area contributed by atoms with E-state index in [1.807, 2.05) is 12.1 Å². The van der Waals surface area contributed by atoms with Crippen LogP contribution in [0.25, 0.3) is 0 Å². The second-order valence-corrected chi connectivity index (χ2v) is 9.76. The number of halogens is 6. The molecule has 2 heterocycles. The predicted octanol–water partition coefficient (Wildman–Crippen LogP) is 5.18. The van der Waals surface area contributed by atoms with Crippen LogP contribution in [0.1, 0.15) is 18.4 Å². The highest BCUT2D eigenvalue weighted by Crippen LogP contribution is 2.28. The fourth-order valence-corrected chi connectivity index (χ4v) is 3.93. The molecule has 262 valence electrons. The summed E-state index contributed by atoms with van der Waals surface area (Å²) in [4.78, 5) is 46.6. The van der Waals surface area contributed by atoms with E-state index < -0.39 is 35.3 Å². The van der Waals surface area contributed by atoms with Crippen LogP contribution in [0.15, 0.2) is 66.9 Å². The van der Waals surface area contributed by atoms with E-state index in [9.17, 15) is 46.5 Å². The van der Waals surface area contributed by atoms with Gasteiger partial charge < -0.3 is 30.9 Å². The number of benzene rings is 2. The Morgan fingerprint density at radius 3 is 2.00 bits per heavy atom. The van der Waals surface area contributed by atoms with Gasteiger partial charge in [0.2, 0.25) is 11.7 Å². The maximum absolute atomic E-state index is 12.6. The molecule has 1 aliphatic rings. The normalized spacial score (nSPS) is 14.5. The van der Waals surface area contributed by atoms with Crippen molar-refractivity contribution in [2.24, 2.45) is 5.73 Å². The lowest BCUT2D eigenvalue weighted by molar-refractivity contribution is -0.384. The lowest BCUT2D eigenvalue weighted by Gasteiger charge is -2.23. The number of amides is 1. The molecule has 14 nitrogen and oxygen atoms in total. The van der Waals surface area contributed by atoms with Gasteiger partial charge in [0.1, 0.15) is 17.5 Å². The second-order valence-electron chi connectivity index (χ2n) is 9.76. The standard InChI is InChI=1S/C25H24N6O4.2C2HF3O2/c26-16-19-3-2-14-30(19)25(32)22(27)15-17-5-9-20(10-6-17)35-21-11-7-18(8-12-21)29-24-23(31(33)34)4-1-13-28-24;2*3-2(4,5)1(6)7/h1,4-13,19,22H,2-3,14-15,27H2,(H,28,29);2*(H,6,7)/t19-,22-;;/m0../s1. The van der Waals surface area contributed by atoms with Gasteiger partial charge in [-0.15, -0.1) is 0 Å². The van der Waals surface area contributed by atoms with E-state index in [0.717, 1.165) is 12.0 Å². The van der Waals surface area contributed by atoms with Crippen LogP contribution in [-0.2, 0) is 20.8 Å². The maximum Gasteiger partial charge on any atom is 0.490 e. The number of ether oxygens (including phenoxy) is 1. The van der Waals surface area contributed by atoms with E-state index in [2.05, 4.69) is 16.4 Å². The number of carboxylic acid groups (broad SMARTS) is 2. The minimum atomic E-state index is -5.08. The number of carbonyl (C=O) groups is 3. The molecule has 2 atom stereocenters. The summed E-state index contributed by atoms with van der Waals surface area (Å²) in [5.74, 6) is -4.36. The van der Waals surface area contributed by atoms with Crippen LogP contribution in [0.4, 0.5) is 43.5 Å². The van der Waals surface area contributed by atoms with Crippen molar-refractivity contribution >= 4 is 35.0 Å². The minimum Gasteiger partial charge on any atom is -0.475 e. The summed E-state index contributed by atoms with van der Waals surface area (Å²) in [6.07, 6.45) is -6.80. The summed E-state index contributed by atoms with van der Waals surface area (Å²) in [6.45, 7) is 0.574. The lowest BCUT2D eigenvalue weighted by Crippen LogP contribution is -2.46. The number of nitrogens with two attached hydrogens (primary N) is 1. The van der Waals surface area contributed by atoms with Crippen molar-refractivity contribution < 1.29 is 60.6 Å². The number of rotatable bonds is 8. The molecule has 1 aliphatic heterocycles. The molecule has 5 N–H and O–H groups in total. The first kappa shape index (κ1) is 39.2. The zero-order valence-electron chi connectivity index (χ0n) is 24.8. The van der Waals surface area contributed by atoms with Crippen molar-refractivity contribution in [1.29, 1.82) is 5.26 Å². The van der Waals surface area contributed by atoms with E-state index >= 15 is 0 Å². The molecule has 3 aromatic rings. The molecule has 1 saturated heterocycles. The van der Waals surface area contributed by atoms with E-state index in [0.29, 0.717) is 36.6 Å². The molecule has 1 aromatic heterocycles. The topological polar surface area (TPSA) is 222 Å². The summed E-state index contributed by atoms with van der Waals surface area (Å²) >= 11 is 0. The van der Waals surface area contributed by atoms with Crippen LogP contribution < -0.4 is 15.8 Å². The summed E-state index contributed by atoms with van der Waals surface area (Å²) < 4.78 is 69.3. The third kappa shape index (κ3) is 12.6. The number of alkyl halides is 6. The lowest BCUT2D eigenvalue weighted by atomic mass is 10.0. The van der Waals surface area contributed by atoms with Crippen LogP contribution in [0.2, 0.25) is 0 Å². The van der Waals surface area contributed by atoms with Crippen molar-refractivity contribution in [2.45, 2.75) is 43.7 Å². The maximum atomic E-state index is 12.6. The van der Waals surface area contributed by atoms with Crippen molar-refractivity contribution in [2.75, 3.05) is 11.9 Å². The SMILES string of the molecule is N#C[C@@H]1CCCN1C(=O)[C@@H](N)Cc1ccc(Oc2ccc(Nc3ncccc3[N+](=O)[O-])cc2)cc1.O=C(O)C(F)(F)F.O=C(O)C(F)(F)F. The summed E-state index contributed by atoms with van der Waals surface area (Å²) in [5, 5.41) is 37.5. The van der Waals surface area contributed by atoms with Crippen molar-refractivity contribution in [3.63, 3.8) is 0 Å². The van der Waals surface area contributed by atoms with Gasteiger partial charge in [0.05, 0.1) is 17.0 Å². The third-order valence-corrected chi connectivity index (χ3v) is 6.20. The molecule has 0 spiro atoms. The average molecular weight is 701 g/mol. The largest absolute Gasteiger partial charge is 0.490 e. The highest BCUT2D eigenvalue weighted by molar-refractivity contribution is 5.83. The van der Waals surface area contributed by atoms with Crippen LogP contribution >= 0.6 is 0 Å². The Balaban J connectivity index is 0.000000500. The molecule has 1 amide bonds. The van der Waals surface area contributed by atoms with Crippen molar-refractivity contribution in [3.05, 3.63) is 82.5 Å². The smallest absolute Gasteiger partial charge is 0.475 e. The molecule has 0 bridgehead atoms. The van der Waals surface area contributed by atoms with Gasteiger partial charge in [-0.1, -0.05) is 12.1 Å². The number of aromatic nitrogens is 1. The van der Waals surface area contributed by atoms with Crippen LogP contribution in [0.3, 0.4) is 0 Å². The second kappa shape index (κ2) is 17.3. The predicted molar refractivity (Wildman–Crippen MR) is 157 cm³/mol. The number of anilines is 2. The number of likely N-dealkylation sites (tertiary alicyclic amines) is 1. The Bertz CT molecular complexity index is 1620. The molecule has 1 fully saturated rings. The molecule has 4 rings (SSSR count). The first-order valence-corrected chi connectivity index (χ1v) is 13.6. The summed E-state index contributed by atoms with van der Waals surface area (Å²) in [6, 6.07) is 18.2. The summed E-state index contributed by atoms with van der Waals surface area (Å²) in [7, 11) is 0. The van der Waals surface area contributed by atoms with Gasteiger partial charge in [-0.2, -0.15) is 31.6 Å². The zero-order chi connectivity index (χ0) is 36.9. The van der Waals surface area contributed by atoms with Gasteiger partial charge in [-0.25, -0.2) is 14.6 Å². The molecule has 0 aliphatic carbocycles. The Morgan fingerprint density at radius 2 is 1.53 bits per heavy atom. The number of carboxylic acids is 2. The van der Waals surface area contributed by atoms with Crippen LogP contribution in [0.5, 0.6) is 11.5 Å². The van der Waals surface area contributed by atoms with Gasteiger partial charge in [0.15, 0.2) is 0 Å². The number of hydrogen-bond donors (Lipinski definition) is 4. The molecule has 20 heteroatoms. The monoisotopic (exact) mass is 700 g/mol. The van der Waals surface area contributed by atoms with Gasteiger partial charge in [-0.05, 0) is 67.3 Å². The molecule has 0 unspecified atom stereocenters. The number of nitriles is 1. The van der Waals surface area contributed by atoms with Gasteiger partial charge in [-0.3, -0.25) is 14.9 Å². The van der Waals surface area contributed by atoms with E-state index in [1.165, 1.54) is 18.3 Å². The quantitative estimate of drug-likeness (QED) is 0.136. The number of hydrogen-bond acceptors (Lipinski definition) is 10. The van der Waals surface area contributed by atoms with Crippen LogP contribution in [0, 0.1) is 21.4 Å². The molecule has 0 saturated carbocycles. The highest BCUT2D eigenvalue weighted by Gasteiger charge is 2.39. The Hall–Kier alpha value is -5.97. The van der Waals surface area contributed by atoms with E-state index in [-0.39, 0.29) is 23.5 Å². The molecule has 0 radical (unpaired) electrons. The number of nitro groups is 1. The van der Waals surface area contributed by atoms with E-state index in [4.69, 9.17) is 30.3 Å². The minimum absolute atomic E-state index is 0.111. The molecule has 2 aromatic carbocycles. The molecular formula is C29H26F6N6O8. The number of nitrogens with zero attached hydrogens (tertiary/aromatic N) is 4. The Kier molecular flexibility index (Phi) is 13.8. The molecule has 49 heavy (non-hydrogen) atoms. The first-order chi connectivity index (χ1) is 22.8. The first-order valence-electron chi connectivity index (χ1n) is 13.6. The zero-order valence-corrected chi connectivity index (χ0v) is 24.8. The fourth-order valence-electron chi connectivity index (χ4n) is 3.93. The number of nitrogens with one attached hydrogen (secondary N) is 1. The number of pyridine rings is 1. The summed E-state index contributed by atoms with van der Waals surface area (Å²) in [5.41, 5.74) is 7.53. The Morgan fingerprint density at radius 1 is 1.02 bits per heavy atom. The van der Waals surface area contributed by atoms with Gasteiger partial charge >= 0.3 is 30.0 Å². The highest BCUT2D eigenvalue weighted by atomic mass is 19.4. The molecular weight excluding hydrogens is 674 g/mol. The fraction of sp³-hybridized carbons (Fsp3) is 0.276. The third-order valence-electron chi connectivity index (χ3n) is 6.20. The Labute approximate surface area is 272 Å². The van der Waals surface area contributed by atoms with Crippen molar-refractivity contribution in [1.82, 2.24) is 9.88 Å².